The Kier molecular flexibility index (Phi) is 15.8. The summed E-state index contributed by atoms with van der Waals surface area (Å²) < 4.78 is 209. The summed E-state index contributed by atoms with van der Waals surface area (Å²) in [6, 6.07) is 16.8. The fourth-order valence-electron chi connectivity index (χ4n) is 7.64. The first-order chi connectivity index (χ1) is 38.1. The average Bonchev–Trinajstić information content (AvgIpc) is 3.52. The lowest BCUT2D eigenvalue weighted by Gasteiger charge is -2.12. The number of hydrogen-bond donors (Lipinski definition) is 10. The van der Waals surface area contributed by atoms with Crippen LogP contribution in [0.2, 0.25) is 0 Å². The highest BCUT2D eigenvalue weighted by Crippen LogP contribution is 2.41. The summed E-state index contributed by atoms with van der Waals surface area (Å²) in [5, 5.41) is 40.3. The molecular formula is C46H32N8O22S6. The Labute approximate surface area is 461 Å². The van der Waals surface area contributed by atoms with Crippen LogP contribution in [0.5, 0.6) is 11.5 Å². The molecule has 2 heterocycles. The van der Waals surface area contributed by atoms with Gasteiger partial charge in [0.05, 0.1) is 22.5 Å². The molecule has 0 saturated carbocycles. The summed E-state index contributed by atoms with van der Waals surface area (Å²) in [5.41, 5.74) is -5.83. The van der Waals surface area contributed by atoms with E-state index < -0.39 is 170 Å². The number of aromatic hydroxyl groups is 2. The minimum atomic E-state index is -5.30. The van der Waals surface area contributed by atoms with E-state index in [0.717, 1.165) is 72.8 Å². The van der Waals surface area contributed by atoms with Gasteiger partial charge in [-0.05, 0) is 108 Å². The highest BCUT2D eigenvalue weighted by molar-refractivity contribution is 7.87. The van der Waals surface area contributed by atoms with Crippen molar-refractivity contribution in [2.75, 3.05) is 10.6 Å². The molecule has 0 atom stereocenters. The Balaban J connectivity index is 1.03. The first-order valence-corrected chi connectivity index (χ1v) is 30.5. The first kappa shape index (κ1) is 59.2. The maximum atomic E-state index is 13.5. The molecule has 424 valence electrons. The zero-order valence-corrected chi connectivity index (χ0v) is 45.0. The zero-order chi connectivity index (χ0) is 60.1. The Morgan fingerprint density at radius 1 is 0.402 bits per heavy atom. The summed E-state index contributed by atoms with van der Waals surface area (Å²) in [4.78, 5) is 29.2. The van der Waals surface area contributed by atoms with Gasteiger partial charge >= 0.3 is 0 Å². The van der Waals surface area contributed by atoms with Gasteiger partial charge in [-0.1, -0.05) is 24.3 Å². The molecule has 30 nitrogen and oxygen atoms in total. The van der Waals surface area contributed by atoms with Crippen molar-refractivity contribution in [3.63, 3.8) is 0 Å². The predicted molar refractivity (Wildman–Crippen MR) is 285 cm³/mol. The maximum Gasteiger partial charge on any atom is 0.295 e. The smallest absolute Gasteiger partial charge is 0.295 e. The molecule has 8 rings (SSSR count). The molecule has 2 amide bonds. The molecular weight excluding hydrogens is 1210 g/mol. The summed E-state index contributed by atoms with van der Waals surface area (Å²) >= 11 is 0. The van der Waals surface area contributed by atoms with Gasteiger partial charge in [-0.15, -0.1) is 10.2 Å². The van der Waals surface area contributed by atoms with Crippen LogP contribution in [-0.2, 0) is 60.7 Å². The van der Waals surface area contributed by atoms with E-state index in [-0.39, 0.29) is 21.8 Å². The fraction of sp³-hybridized carbons (Fsp3) is 0. The number of phenols is 2. The molecule has 8 aromatic rings. The van der Waals surface area contributed by atoms with Crippen LogP contribution in [0.3, 0.4) is 0 Å². The number of fused-ring (bicyclic) bond motifs is 2. The van der Waals surface area contributed by atoms with Gasteiger partial charge in [0.1, 0.15) is 51.8 Å². The van der Waals surface area contributed by atoms with Gasteiger partial charge in [-0.3, -0.25) is 46.9 Å². The molecule has 0 unspecified atom stereocenters. The van der Waals surface area contributed by atoms with Crippen molar-refractivity contribution in [2.45, 2.75) is 29.4 Å². The average molecular weight is 1240 g/mol. The van der Waals surface area contributed by atoms with Crippen LogP contribution >= 0.6 is 0 Å². The van der Waals surface area contributed by atoms with Gasteiger partial charge in [-0.25, -0.2) is 0 Å². The number of aromatic nitrogens is 2. The summed E-state index contributed by atoms with van der Waals surface area (Å²) in [6.45, 7) is 0. The van der Waals surface area contributed by atoms with Gasteiger partial charge in [0.15, 0.2) is 11.5 Å². The Bertz CT molecular complexity index is 4580. The third kappa shape index (κ3) is 13.0. The van der Waals surface area contributed by atoms with E-state index in [9.17, 15) is 97.6 Å². The number of amides is 2. The van der Waals surface area contributed by atoms with E-state index >= 15 is 0 Å². The molecule has 6 aromatic carbocycles. The van der Waals surface area contributed by atoms with Crippen LogP contribution < -0.4 is 10.6 Å². The highest BCUT2D eigenvalue weighted by atomic mass is 32.2. The molecule has 0 fully saturated rings. The third-order valence-corrected chi connectivity index (χ3v) is 16.6. The number of anilines is 2. The molecule has 10 N–H and O–H groups in total. The summed E-state index contributed by atoms with van der Waals surface area (Å²) in [5.74, 6) is -4.03. The van der Waals surface area contributed by atoms with Crippen molar-refractivity contribution in [2.24, 2.45) is 20.5 Å². The van der Waals surface area contributed by atoms with E-state index in [1.165, 1.54) is 36.7 Å². The Hall–Kier alpha value is -8.92. The first-order valence-electron chi connectivity index (χ1n) is 21.9. The number of phenolic OH excluding ortho intramolecular Hbond substituents is 2. The van der Waals surface area contributed by atoms with Gasteiger partial charge in [0.25, 0.3) is 72.5 Å². The maximum absolute atomic E-state index is 13.5. The quantitative estimate of drug-likeness (QED) is 0.0260. The SMILES string of the molecule is O=C(Nc1ccc(/C=C/c2ccc(NC(=O)c3ccc(N=Nc4cc(S(=O)(=O)O)c5cccnc5c4O)cc3S(=O)(=O)O)cc2S(=O)(=O)O)c(S(=O)(=O)O)c1)c1ccc(N=Nc2cc(S(=O)(=O)O)c3cccnc3c2O)cc1S(=O)(=O)O. The third-order valence-electron chi connectivity index (χ3n) is 11.2. The molecule has 0 radical (unpaired) electrons. The fourth-order valence-corrected chi connectivity index (χ4v) is 11.9. The van der Waals surface area contributed by atoms with Crippen molar-refractivity contribution in [1.82, 2.24) is 9.97 Å². The van der Waals surface area contributed by atoms with E-state index in [2.05, 4.69) is 41.1 Å². The van der Waals surface area contributed by atoms with Crippen LogP contribution in [0.25, 0.3) is 34.0 Å². The van der Waals surface area contributed by atoms with Crippen molar-refractivity contribution < 1.29 is 97.6 Å². The lowest BCUT2D eigenvalue weighted by Crippen LogP contribution is -2.16. The molecule has 0 aliphatic carbocycles. The predicted octanol–water partition coefficient (Wildman–Crippen LogP) is 7.18. The van der Waals surface area contributed by atoms with E-state index in [4.69, 9.17) is 0 Å². The monoisotopic (exact) mass is 1240 g/mol. The second-order valence-corrected chi connectivity index (χ2v) is 25.0. The highest BCUT2D eigenvalue weighted by Gasteiger charge is 2.27. The Morgan fingerprint density at radius 3 is 1.07 bits per heavy atom. The molecule has 82 heavy (non-hydrogen) atoms. The van der Waals surface area contributed by atoms with Crippen molar-refractivity contribution in [3.05, 3.63) is 144 Å². The van der Waals surface area contributed by atoms with Gasteiger partial charge in [0, 0.05) is 34.5 Å². The van der Waals surface area contributed by atoms with Crippen LogP contribution in [0.15, 0.2) is 171 Å². The lowest BCUT2D eigenvalue weighted by molar-refractivity contribution is 0.101. The van der Waals surface area contributed by atoms with Gasteiger partial charge in [-0.2, -0.15) is 60.7 Å². The second kappa shape index (κ2) is 21.9. The van der Waals surface area contributed by atoms with E-state index in [1.54, 1.807) is 0 Å². The van der Waals surface area contributed by atoms with Crippen molar-refractivity contribution in [1.29, 1.82) is 0 Å². The van der Waals surface area contributed by atoms with Crippen LogP contribution in [0, 0.1) is 0 Å². The minimum absolute atomic E-state index is 0.187. The number of azo groups is 2. The second-order valence-electron chi connectivity index (χ2n) is 16.6. The number of hydrogen-bond acceptors (Lipinski definition) is 22. The van der Waals surface area contributed by atoms with Crippen molar-refractivity contribution in [3.8, 4) is 11.5 Å². The number of carbonyl (C=O) groups excluding carboxylic acids is 2. The molecule has 0 saturated heterocycles. The van der Waals surface area contributed by atoms with Crippen LogP contribution in [0.4, 0.5) is 34.1 Å². The number of pyridine rings is 2. The lowest BCUT2D eigenvalue weighted by atomic mass is 10.1. The standard InChI is InChI=1S/C46H32N8O22S6/c55-43-33(21-39(81(71,72)73)29-3-1-15-47-41(29)43)53-51-27-11-13-31(37(19-27)79(65,66)67)45(57)49-25-9-7-23(35(17-25)77(59,60)61)5-6-24-8-10-26(18-36(24)78(62,63)64)50-46(58)32-14-12-28(20-38(32)80(68,69)70)52-54-34-22-40(82(74,75)76)30-4-2-16-48-42(30)44(34)56/h1-22,55-56H,(H,49,57)(H,50,58)(H,59,60,61)(H,62,63,64)(H,65,66,67)(H,68,69,70)(H,71,72,73)(H,74,75,76)/b6-5+,53-51?,54-52?. The minimum Gasteiger partial charge on any atom is -0.504 e. The molecule has 36 heteroatoms. The molecule has 0 aliphatic heterocycles. The molecule has 0 spiro atoms. The molecule has 0 aliphatic rings. The topological polar surface area (TPSA) is 500 Å². The van der Waals surface area contributed by atoms with Gasteiger partial charge < -0.3 is 20.8 Å². The van der Waals surface area contributed by atoms with E-state index in [0.29, 0.717) is 24.3 Å². The summed E-state index contributed by atoms with van der Waals surface area (Å²) in [7, 11) is -30.9. The molecule has 2 aromatic heterocycles. The van der Waals surface area contributed by atoms with Crippen LogP contribution in [-0.4, -0.2) is 110 Å². The van der Waals surface area contributed by atoms with E-state index in [1.807, 2.05) is 0 Å². The summed E-state index contributed by atoms with van der Waals surface area (Å²) in [6.07, 6.45) is 4.22. The Morgan fingerprint density at radius 2 is 0.744 bits per heavy atom. The van der Waals surface area contributed by atoms with Gasteiger partial charge in [0.2, 0.25) is 0 Å². The number of benzene rings is 6. The van der Waals surface area contributed by atoms with Crippen molar-refractivity contribution >= 4 is 141 Å². The normalized spacial score (nSPS) is 12.9. The number of nitrogens with zero attached hydrogens (tertiary/aromatic N) is 6. The number of rotatable bonds is 16. The molecule has 0 bridgehead atoms. The largest absolute Gasteiger partial charge is 0.504 e. The number of nitrogens with one attached hydrogen (secondary N) is 2. The number of carbonyl (C=O) groups is 2. The zero-order valence-electron chi connectivity index (χ0n) is 40.1. The van der Waals surface area contributed by atoms with Crippen LogP contribution in [0.1, 0.15) is 31.8 Å².